The van der Waals surface area contributed by atoms with Gasteiger partial charge in [0.05, 0.1) is 17.1 Å². The van der Waals surface area contributed by atoms with Gasteiger partial charge in [0, 0.05) is 41.9 Å². The van der Waals surface area contributed by atoms with Crippen molar-refractivity contribution >= 4 is 37.5 Å². The molecular weight excluding hydrogens is 470 g/mol. The number of aryl methyl sites for hydroxylation is 1. The van der Waals surface area contributed by atoms with Crippen LogP contribution in [0.4, 0.5) is 0 Å². The first-order valence-corrected chi connectivity index (χ1v) is 12.1. The molecule has 3 rings (SSSR count). The van der Waals surface area contributed by atoms with Gasteiger partial charge in [-0.15, -0.1) is 0 Å². The van der Waals surface area contributed by atoms with Gasteiger partial charge in [-0.1, -0.05) is 28.9 Å². The van der Waals surface area contributed by atoms with E-state index in [1.165, 1.54) is 11.2 Å². The molecule has 0 saturated carbocycles. The van der Waals surface area contributed by atoms with E-state index < -0.39 is 10.0 Å². The monoisotopic (exact) mass is 495 g/mol. The number of aromatic nitrogens is 1. The lowest BCUT2D eigenvalue weighted by molar-refractivity contribution is 0.0896. The van der Waals surface area contributed by atoms with Crippen LogP contribution in [0.1, 0.15) is 46.0 Å². The van der Waals surface area contributed by atoms with Crippen molar-refractivity contribution in [1.82, 2.24) is 14.2 Å². The molecule has 1 aliphatic heterocycles. The van der Waals surface area contributed by atoms with Crippen LogP contribution in [0, 0.1) is 6.92 Å². The predicted molar refractivity (Wildman–Crippen MR) is 119 cm³/mol. The maximum absolute atomic E-state index is 12.9. The van der Waals surface area contributed by atoms with Crippen LogP contribution in [-0.2, 0) is 16.4 Å². The molecule has 7 nitrogen and oxygen atoms in total. The smallest absolute Gasteiger partial charge is 0.243 e. The minimum absolute atomic E-state index is 0.0500. The number of ketones is 2. The number of hydrogen-bond donors (Lipinski definition) is 1. The summed E-state index contributed by atoms with van der Waals surface area (Å²) in [4.78, 5) is 30.1. The number of nitrogens with zero attached hydrogens (tertiary/aromatic N) is 2. The third-order valence-corrected chi connectivity index (χ3v) is 7.80. The molecule has 30 heavy (non-hydrogen) atoms. The molecule has 0 bridgehead atoms. The van der Waals surface area contributed by atoms with Gasteiger partial charge in [0.2, 0.25) is 10.0 Å². The highest BCUT2D eigenvalue weighted by Crippen LogP contribution is 2.23. The second kappa shape index (κ2) is 9.13. The lowest BCUT2D eigenvalue weighted by Crippen LogP contribution is -2.49. The number of sulfonamides is 1. The Balaban J connectivity index is 1.67. The molecule has 1 aromatic carbocycles. The minimum Gasteiger partial charge on any atom is -0.355 e. The highest BCUT2D eigenvalue weighted by Gasteiger charge is 2.30. The molecule has 1 fully saturated rings. The van der Waals surface area contributed by atoms with Gasteiger partial charge in [-0.2, -0.15) is 4.31 Å². The molecule has 0 atom stereocenters. The summed E-state index contributed by atoms with van der Waals surface area (Å²) in [6.45, 7) is 7.02. The summed E-state index contributed by atoms with van der Waals surface area (Å²) in [7, 11) is -3.56. The van der Waals surface area contributed by atoms with Crippen molar-refractivity contribution in [3.63, 3.8) is 0 Å². The number of halogens is 1. The van der Waals surface area contributed by atoms with E-state index in [2.05, 4.69) is 20.9 Å². The van der Waals surface area contributed by atoms with Crippen LogP contribution in [0.25, 0.3) is 0 Å². The molecule has 0 spiro atoms. The maximum atomic E-state index is 12.9. The fraction of sp³-hybridized carbons (Fsp3) is 0.429. The van der Waals surface area contributed by atoms with Gasteiger partial charge in [0.25, 0.3) is 0 Å². The Hall–Kier alpha value is -1.81. The van der Waals surface area contributed by atoms with E-state index in [9.17, 15) is 18.0 Å². The quantitative estimate of drug-likeness (QED) is 0.596. The Bertz CT molecular complexity index is 1070. The van der Waals surface area contributed by atoms with Crippen LogP contribution in [0.5, 0.6) is 0 Å². The second-order valence-corrected chi connectivity index (χ2v) is 10.3. The van der Waals surface area contributed by atoms with Gasteiger partial charge in [-0.3, -0.25) is 14.5 Å². The zero-order chi connectivity index (χ0) is 22.1. The van der Waals surface area contributed by atoms with Crippen LogP contribution in [-0.4, -0.2) is 66.9 Å². The average Bonchev–Trinajstić information content (AvgIpc) is 3.05. The van der Waals surface area contributed by atoms with Crippen molar-refractivity contribution in [3.05, 3.63) is 51.3 Å². The third kappa shape index (κ3) is 4.59. The van der Waals surface area contributed by atoms with Crippen LogP contribution < -0.4 is 0 Å². The molecule has 2 heterocycles. The van der Waals surface area contributed by atoms with Crippen molar-refractivity contribution < 1.29 is 18.0 Å². The number of nitrogens with one attached hydrogen (secondary N) is 1. The number of carbonyl (C=O) groups is 2. The zero-order valence-electron chi connectivity index (χ0n) is 17.4. The Kier molecular flexibility index (Phi) is 6.96. The van der Waals surface area contributed by atoms with Gasteiger partial charge in [-0.25, -0.2) is 8.42 Å². The van der Waals surface area contributed by atoms with E-state index in [0.29, 0.717) is 54.0 Å². The SMILES string of the molecule is CCc1c(C(=O)CN2CCN(S(=O)(=O)c3cccc(Br)c3)CC2)[nH]c(C)c1C(C)=O. The summed E-state index contributed by atoms with van der Waals surface area (Å²) in [6, 6.07) is 6.66. The number of benzene rings is 1. The maximum Gasteiger partial charge on any atom is 0.243 e. The summed E-state index contributed by atoms with van der Waals surface area (Å²) in [5, 5.41) is 0. The van der Waals surface area contributed by atoms with E-state index >= 15 is 0 Å². The fourth-order valence-electron chi connectivity index (χ4n) is 3.93. The summed E-state index contributed by atoms with van der Waals surface area (Å²) < 4.78 is 27.9. The highest BCUT2D eigenvalue weighted by atomic mass is 79.9. The Morgan fingerprint density at radius 2 is 1.83 bits per heavy atom. The number of piperazine rings is 1. The number of rotatable bonds is 7. The number of H-pyrrole nitrogens is 1. The number of hydrogen-bond acceptors (Lipinski definition) is 5. The Labute approximate surface area is 185 Å². The Morgan fingerprint density at radius 3 is 2.40 bits per heavy atom. The molecule has 1 aliphatic rings. The van der Waals surface area contributed by atoms with Gasteiger partial charge < -0.3 is 4.98 Å². The van der Waals surface area contributed by atoms with Crippen molar-refractivity contribution in [1.29, 1.82) is 0 Å². The molecule has 2 aromatic rings. The summed E-state index contributed by atoms with van der Waals surface area (Å²) in [5.41, 5.74) is 2.57. The lowest BCUT2D eigenvalue weighted by atomic mass is 10.0. The molecule has 0 radical (unpaired) electrons. The normalized spacial score (nSPS) is 16.0. The number of aromatic amines is 1. The molecule has 1 aromatic heterocycles. The van der Waals surface area contributed by atoms with Crippen LogP contribution in [0.2, 0.25) is 0 Å². The molecule has 1 N–H and O–H groups in total. The second-order valence-electron chi connectivity index (χ2n) is 7.45. The van der Waals surface area contributed by atoms with Crippen molar-refractivity contribution in [3.8, 4) is 0 Å². The summed E-state index contributed by atoms with van der Waals surface area (Å²) in [6.07, 6.45) is 0.596. The van der Waals surface area contributed by atoms with E-state index in [4.69, 9.17) is 0 Å². The van der Waals surface area contributed by atoms with Crippen LogP contribution in [0.3, 0.4) is 0 Å². The first kappa shape index (κ1) is 22.9. The average molecular weight is 496 g/mol. The first-order valence-electron chi connectivity index (χ1n) is 9.88. The Morgan fingerprint density at radius 1 is 1.17 bits per heavy atom. The molecule has 0 unspecified atom stereocenters. The minimum atomic E-state index is -3.56. The molecular formula is C21H26BrN3O4S. The number of carbonyl (C=O) groups excluding carboxylic acids is 2. The van der Waals surface area contributed by atoms with Crippen LogP contribution >= 0.6 is 15.9 Å². The van der Waals surface area contributed by atoms with E-state index in [1.807, 2.05) is 11.8 Å². The van der Waals surface area contributed by atoms with Crippen molar-refractivity contribution in [2.24, 2.45) is 0 Å². The summed E-state index contributed by atoms with van der Waals surface area (Å²) in [5.74, 6) is -0.128. The molecule has 0 amide bonds. The predicted octanol–water partition coefficient (Wildman–Crippen LogP) is 3.04. The zero-order valence-corrected chi connectivity index (χ0v) is 19.8. The van der Waals surface area contributed by atoms with E-state index in [1.54, 1.807) is 31.2 Å². The van der Waals surface area contributed by atoms with E-state index in [0.717, 1.165) is 5.56 Å². The first-order chi connectivity index (χ1) is 14.1. The van der Waals surface area contributed by atoms with Gasteiger partial charge in [0.15, 0.2) is 11.6 Å². The van der Waals surface area contributed by atoms with E-state index in [-0.39, 0.29) is 23.0 Å². The highest BCUT2D eigenvalue weighted by molar-refractivity contribution is 9.10. The van der Waals surface area contributed by atoms with Gasteiger partial charge >= 0.3 is 0 Å². The number of Topliss-reactive ketones (excluding diaryl/α,β-unsaturated/α-hetero) is 2. The standard InChI is InChI=1S/C21H26BrN3O4S/c1-4-18-20(15(3)26)14(2)23-21(18)19(27)13-24-8-10-25(11-9-24)30(28,29)17-7-5-6-16(22)12-17/h5-7,12,23H,4,8-11,13H2,1-3H3. The summed E-state index contributed by atoms with van der Waals surface area (Å²) >= 11 is 3.31. The molecule has 0 aliphatic carbocycles. The van der Waals surface area contributed by atoms with Gasteiger partial charge in [0.1, 0.15) is 0 Å². The molecule has 162 valence electrons. The lowest BCUT2D eigenvalue weighted by Gasteiger charge is -2.33. The largest absolute Gasteiger partial charge is 0.355 e. The fourth-order valence-corrected chi connectivity index (χ4v) is 5.95. The molecule has 9 heteroatoms. The van der Waals surface area contributed by atoms with Gasteiger partial charge in [-0.05, 0) is 44.0 Å². The van der Waals surface area contributed by atoms with Crippen LogP contribution in [0.15, 0.2) is 33.6 Å². The van der Waals surface area contributed by atoms with Crippen molar-refractivity contribution in [2.45, 2.75) is 32.1 Å². The molecule has 1 saturated heterocycles. The topological polar surface area (TPSA) is 90.6 Å². The third-order valence-electron chi connectivity index (χ3n) is 5.41. The van der Waals surface area contributed by atoms with Crippen molar-refractivity contribution in [2.75, 3.05) is 32.7 Å².